The van der Waals surface area contributed by atoms with Crippen LogP contribution in [0.25, 0.3) is 84.0 Å². The van der Waals surface area contributed by atoms with Crippen molar-refractivity contribution in [1.82, 2.24) is 24.5 Å². The number of benzene rings is 6. The second-order valence-corrected chi connectivity index (χ2v) is 12.9. The Hall–Kier alpha value is -6.72. The molecular formula is C46H33N5. The first-order valence-electron chi connectivity index (χ1n) is 17.1. The fourth-order valence-corrected chi connectivity index (χ4v) is 7.09. The molecule has 0 aliphatic rings. The molecule has 5 heteroatoms. The molecule has 5 nitrogen and oxygen atoms in total. The van der Waals surface area contributed by atoms with Crippen molar-refractivity contribution in [2.45, 2.75) is 13.8 Å². The highest BCUT2D eigenvalue weighted by Gasteiger charge is 2.21. The molecule has 0 unspecified atom stereocenters. The van der Waals surface area contributed by atoms with E-state index in [4.69, 9.17) is 19.9 Å². The summed E-state index contributed by atoms with van der Waals surface area (Å²) in [6.45, 7) is 4.31. The molecule has 0 N–H and O–H groups in total. The molecule has 6 aromatic carbocycles. The van der Waals surface area contributed by atoms with Gasteiger partial charge in [0.15, 0.2) is 17.5 Å². The average molecular weight is 656 g/mol. The van der Waals surface area contributed by atoms with Crippen LogP contribution in [-0.2, 0) is 0 Å². The molecule has 0 saturated heterocycles. The molecule has 0 saturated carbocycles. The highest BCUT2D eigenvalue weighted by atomic mass is 15.1. The number of para-hydroxylation sites is 1. The number of nitrogens with zero attached hydrogens (tertiary/aromatic N) is 5. The highest BCUT2D eigenvalue weighted by molar-refractivity contribution is 6.11. The SMILES string of the molecule is Cc1cc(C)cc(-c2ccc3c(c2)c2ccccc2n3-c2ccc(-c3ccccn3)cc2-c2nc(-c3ccccc3)nc(-c3ccccc3)n2)c1. The lowest BCUT2D eigenvalue weighted by molar-refractivity contribution is 1.06. The summed E-state index contributed by atoms with van der Waals surface area (Å²) >= 11 is 0. The molecule has 0 spiro atoms. The molecule has 3 aromatic heterocycles. The van der Waals surface area contributed by atoms with Gasteiger partial charge in [-0.25, -0.2) is 15.0 Å². The summed E-state index contributed by atoms with van der Waals surface area (Å²) < 4.78 is 2.35. The second-order valence-electron chi connectivity index (χ2n) is 12.9. The van der Waals surface area contributed by atoms with Gasteiger partial charge in [0.25, 0.3) is 0 Å². The van der Waals surface area contributed by atoms with E-state index in [1.165, 1.54) is 33.0 Å². The topological polar surface area (TPSA) is 56.5 Å². The van der Waals surface area contributed by atoms with Crippen molar-refractivity contribution in [1.29, 1.82) is 0 Å². The summed E-state index contributed by atoms with van der Waals surface area (Å²) in [6, 6.07) is 54.9. The molecule has 0 fully saturated rings. The first kappa shape index (κ1) is 30.3. The van der Waals surface area contributed by atoms with Crippen molar-refractivity contribution in [3.63, 3.8) is 0 Å². The summed E-state index contributed by atoms with van der Waals surface area (Å²) in [5.41, 5.74) is 12.7. The normalized spacial score (nSPS) is 11.3. The van der Waals surface area contributed by atoms with Crippen LogP contribution in [0, 0.1) is 13.8 Å². The zero-order valence-corrected chi connectivity index (χ0v) is 28.3. The van der Waals surface area contributed by atoms with E-state index in [2.05, 4.69) is 97.3 Å². The largest absolute Gasteiger partial charge is 0.309 e. The molecule has 9 aromatic rings. The van der Waals surface area contributed by atoms with Crippen LogP contribution in [0.15, 0.2) is 164 Å². The van der Waals surface area contributed by atoms with Crippen molar-refractivity contribution in [2.24, 2.45) is 0 Å². The fourth-order valence-electron chi connectivity index (χ4n) is 7.09. The highest BCUT2D eigenvalue weighted by Crippen LogP contribution is 2.39. The van der Waals surface area contributed by atoms with Crippen LogP contribution in [0.3, 0.4) is 0 Å². The van der Waals surface area contributed by atoms with Gasteiger partial charge in [-0.15, -0.1) is 0 Å². The zero-order chi connectivity index (χ0) is 34.3. The van der Waals surface area contributed by atoms with Crippen LogP contribution in [-0.4, -0.2) is 24.5 Å². The van der Waals surface area contributed by atoms with Crippen LogP contribution < -0.4 is 0 Å². The summed E-state index contributed by atoms with van der Waals surface area (Å²) in [5, 5.41) is 2.37. The van der Waals surface area contributed by atoms with Gasteiger partial charge in [-0.05, 0) is 67.4 Å². The molecule has 0 bridgehead atoms. The molecular weight excluding hydrogens is 623 g/mol. The third-order valence-corrected chi connectivity index (χ3v) is 9.37. The van der Waals surface area contributed by atoms with Crippen molar-refractivity contribution in [3.8, 4) is 62.2 Å². The quantitative estimate of drug-likeness (QED) is 0.179. The van der Waals surface area contributed by atoms with Gasteiger partial charge in [-0.1, -0.05) is 126 Å². The molecule has 3 heterocycles. The van der Waals surface area contributed by atoms with Crippen molar-refractivity contribution in [3.05, 3.63) is 175 Å². The Kier molecular flexibility index (Phi) is 7.51. The molecule has 51 heavy (non-hydrogen) atoms. The van der Waals surface area contributed by atoms with E-state index in [-0.39, 0.29) is 0 Å². The van der Waals surface area contributed by atoms with Crippen LogP contribution >= 0.6 is 0 Å². The lowest BCUT2D eigenvalue weighted by Gasteiger charge is -2.16. The van der Waals surface area contributed by atoms with E-state index in [9.17, 15) is 0 Å². The molecule has 242 valence electrons. The van der Waals surface area contributed by atoms with E-state index in [1.807, 2.05) is 85.1 Å². The second kappa shape index (κ2) is 12.6. The summed E-state index contributed by atoms with van der Waals surface area (Å²) in [6.07, 6.45) is 1.83. The zero-order valence-electron chi connectivity index (χ0n) is 28.3. The predicted molar refractivity (Wildman–Crippen MR) is 209 cm³/mol. The van der Waals surface area contributed by atoms with Gasteiger partial charge in [0.2, 0.25) is 0 Å². The molecule has 0 aliphatic carbocycles. The maximum absolute atomic E-state index is 5.18. The third kappa shape index (κ3) is 5.65. The van der Waals surface area contributed by atoms with Gasteiger partial charge in [0.05, 0.1) is 22.4 Å². The van der Waals surface area contributed by atoms with Crippen molar-refractivity contribution >= 4 is 21.8 Å². The van der Waals surface area contributed by atoms with Gasteiger partial charge in [0, 0.05) is 39.2 Å². The Labute approximate surface area is 296 Å². The summed E-state index contributed by atoms with van der Waals surface area (Å²) in [4.78, 5) is 20.0. The smallest absolute Gasteiger partial charge is 0.166 e. The fraction of sp³-hybridized carbons (Fsp3) is 0.0435. The van der Waals surface area contributed by atoms with Crippen LogP contribution in [0.2, 0.25) is 0 Å². The Morgan fingerprint density at radius 1 is 0.412 bits per heavy atom. The number of fused-ring (bicyclic) bond motifs is 3. The van der Waals surface area contributed by atoms with Gasteiger partial charge in [0.1, 0.15) is 0 Å². The molecule has 0 radical (unpaired) electrons. The van der Waals surface area contributed by atoms with E-state index >= 15 is 0 Å². The average Bonchev–Trinajstić information content (AvgIpc) is 3.51. The van der Waals surface area contributed by atoms with Gasteiger partial charge < -0.3 is 4.57 Å². The predicted octanol–water partition coefficient (Wildman–Crippen LogP) is 11.3. The lowest BCUT2D eigenvalue weighted by Crippen LogP contribution is -2.04. The Bertz CT molecular complexity index is 2620. The molecule has 0 atom stereocenters. The number of pyridine rings is 1. The van der Waals surface area contributed by atoms with Crippen molar-refractivity contribution in [2.75, 3.05) is 0 Å². The standard InChI is InChI=1S/C46H33N5/c1-30-25-31(2)27-36(26-30)34-20-22-42-38(28-34)37-17-9-10-19-41(37)51(42)43-23-21-35(40-18-11-12-24-47-40)29-39(43)46-49-44(32-13-5-3-6-14-32)48-45(50-46)33-15-7-4-8-16-33/h3-29H,1-2H3. The monoisotopic (exact) mass is 655 g/mol. The maximum Gasteiger partial charge on any atom is 0.166 e. The first-order chi connectivity index (χ1) is 25.1. The minimum Gasteiger partial charge on any atom is -0.309 e. The third-order valence-electron chi connectivity index (χ3n) is 9.37. The minimum absolute atomic E-state index is 0.591. The summed E-state index contributed by atoms with van der Waals surface area (Å²) in [5.74, 6) is 1.83. The van der Waals surface area contributed by atoms with E-state index in [1.54, 1.807) is 0 Å². The van der Waals surface area contributed by atoms with E-state index < -0.39 is 0 Å². The van der Waals surface area contributed by atoms with Gasteiger partial charge >= 0.3 is 0 Å². The van der Waals surface area contributed by atoms with Gasteiger partial charge in [-0.3, -0.25) is 4.98 Å². The Morgan fingerprint density at radius 3 is 1.71 bits per heavy atom. The summed E-state index contributed by atoms with van der Waals surface area (Å²) in [7, 11) is 0. The van der Waals surface area contributed by atoms with Crippen LogP contribution in [0.4, 0.5) is 0 Å². The molecule has 0 amide bonds. The number of aromatic nitrogens is 5. The Morgan fingerprint density at radius 2 is 1.02 bits per heavy atom. The molecule has 0 aliphatic heterocycles. The molecule has 9 rings (SSSR count). The van der Waals surface area contributed by atoms with E-state index in [0.29, 0.717) is 17.5 Å². The van der Waals surface area contributed by atoms with Gasteiger partial charge in [-0.2, -0.15) is 0 Å². The number of hydrogen-bond donors (Lipinski definition) is 0. The number of hydrogen-bond acceptors (Lipinski definition) is 4. The van der Waals surface area contributed by atoms with E-state index in [0.717, 1.165) is 44.7 Å². The maximum atomic E-state index is 5.18. The first-order valence-corrected chi connectivity index (χ1v) is 17.1. The lowest BCUT2D eigenvalue weighted by atomic mass is 9.99. The van der Waals surface area contributed by atoms with Crippen molar-refractivity contribution < 1.29 is 0 Å². The Balaban J connectivity index is 1.33. The van der Waals surface area contributed by atoms with Crippen LogP contribution in [0.5, 0.6) is 0 Å². The minimum atomic E-state index is 0.591. The van der Waals surface area contributed by atoms with Crippen LogP contribution in [0.1, 0.15) is 11.1 Å². The number of rotatable bonds is 6. The number of aryl methyl sites for hydroxylation is 2.